The van der Waals surface area contributed by atoms with E-state index in [-0.39, 0.29) is 11.8 Å². The van der Waals surface area contributed by atoms with Crippen LogP contribution < -0.4 is 9.80 Å². The fourth-order valence-electron chi connectivity index (χ4n) is 4.29. The minimum absolute atomic E-state index is 0.0631. The highest BCUT2D eigenvalue weighted by Crippen LogP contribution is 2.19. The molecule has 160 valence electrons. The molecule has 1 aliphatic heterocycles. The summed E-state index contributed by atoms with van der Waals surface area (Å²) in [5.74, 6) is -0.339. The third-order valence-electron chi connectivity index (χ3n) is 6.19. The summed E-state index contributed by atoms with van der Waals surface area (Å²) in [5, 5.41) is 0. The predicted molar refractivity (Wildman–Crippen MR) is 117 cm³/mol. The number of piperazine rings is 1. The number of H-pyrrole nitrogens is 1. The third kappa shape index (κ3) is 4.89. The highest BCUT2D eigenvalue weighted by atomic mass is 16.5. The molecule has 0 bridgehead atoms. The summed E-state index contributed by atoms with van der Waals surface area (Å²) in [4.78, 5) is 31.1. The Kier molecular flexibility index (Phi) is 7.24. The number of rotatable bonds is 7. The van der Waals surface area contributed by atoms with Crippen LogP contribution in [0.15, 0.2) is 36.4 Å². The van der Waals surface area contributed by atoms with Gasteiger partial charge in [-0.05, 0) is 38.0 Å². The van der Waals surface area contributed by atoms with E-state index in [9.17, 15) is 9.59 Å². The number of ether oxygens (including phenoxy) is 1. The van der Waals surface area contributed by atoms with Crippen molar-refractivity contribution in [3.8, 4) is 0 Å². The summed E-state index contributed by atoms with van der Waals surface area (Å²) in [6.07, 6.45) is 4.41. The second-order valence-corrected chi connectivity index (χ2v) is 8.13. The number of benzene rings is 1. The minimum Gasteiger partial charge on any atom is -0.465 e. The van der Waals surface area contributed by atoms with Crippen LogP contribution in [0.3, 0.4) is 0 Å². The molecule has 0 unspecified atom stereocenters. The molecule has 0 spiro atoms. The molecule has 1 atom stereocenters. The zero-order valence-electron chi connectivity index (χ0n) is 18.4. The van der Waals surface area contributed by atoms with Crippen LogP contribution >= 0.6 is 0 Å². The molecule has 0 radical (unpaired) electrons. The summed E-state index contributed by atoms with van der Waals surface area (Å²) < 4.78 is 4.86. The zero-order chi connectivity index (χ0) is 21.7. The van der Waals surface area contributed by atoms with Crippen LogP contribution in [0.1, 0.15) is 44.6 Å². The first kappa shape index (κ1) is 22.0. The summed E-state index contributed by atoms with van der Waals surface area (Å²) in [6, 6.07) is 10.2. The molecular weight excluding hydrogens is 378 g/mol. The van der Waals surface area contributed by atoms with Gasteiger partial charge in [0.05, 0.1) is 24.9 Å². The first-order chi connectivity index (χ1) is 14.4. The van der Waals surface area contributed by atoms with Crippen molar-refractivity contribution in [1.82, 2.24) is 4.98 Å². The van der Waals surface area contributed by atoms with Crippen molar-refractivity contribution < 1.29 is 24.1 Å². The topological polar surface area (TPSA) is 68.0 Å². The van der Waals surface area contributed by atoms with Crippen LogP contribution in [0.4, 0.5) is 0 Å². The largest absolute Gasteiger partial charge is 0.465 e. The number of methoxy groups -OCH3 is 1. The van der Waals surface area contributed by atoms with Crippen LogP contribution in [-0.4, -0.2) is 62.6 Å². The van der Waals surface area contributed by atoms with Crippen LogP contribution in [0, 0.1) is 13.8 Å². The van der Waals surface area contributed by atoms with Gasteiger partial charge in [-0.15, -0.1) is 0 Å². The van der Waals surface area contributed by atoms with Crippen molar-refractivity contribution in [3.63, 3.8) is 0 Å². The number of carbonyl (C=O) groups is 2. The molecule has 3 N–H and O–H groups in total. The first-order valence-corrected chi connectivity index (χ1v) is 10.6. The maximum Gasteiger partial charge on any atom is 0.339 e. The Bertz CT molecular complexity index is 909. The number of aromatic nitrogens is 1. The van der Waals surface area contributed by atoms with E-state index >= 15 is 0 Å². The number of aryl methyl sites for hydroxylation is 1. The Hall–Kier alpha value is -2.70. The van der Waals surface area contributed by atoms with Crippen molar-refractivity contribution in [3.05, 3.63) is 64.5 Å². The summed E-state index contributed by atoms with van der Waals surface area (Å²) in [6.45, 7) is 10.6. The molecule has 1 saturated heterocycles. The molecule has 0 aliphatic carbocycles. The van der Waals surface area contributed by atoms with Gasteiger partial charge in [-0.25, -0.2) is 4.79 Å². The number of carbonyl (C=O) groups excluding carboxylic acids is 2. The van der Waals surface area contributed by atoms with Crippen LogP contribution in [0.5, 0.6) is 0 Å². The van der Waals surface area contributed by atoms with Crippen molar-refractivity contribution in [1.29, 1.82) is 0 Å². The molecule has 0 amide bonds. The maximum absolute atomic E-state index is 13.1. The van der Waals surface area contributed by atoms with Crippen molar-refractivity contribution in [2.24, 2.45) is 0 Å². The molecule has 6 heteroatoms. The van der Waals surface area contributed by atoms with Gasteiger partial charge in [0, 0.05) is 5.69 Å². The standard InChI is InChI=1S/C24H31N3O3/c1-17-21(24(29)30-4)18(2)25-22(17)23(28)19(3)27-15-13-26(14-16-27)12-8-11-20-9-6-5-7-10-20/h5-11,19,25H,12-16H2,1-4H3/p+2/b11-8+/t19-/m0/s1. The summed E-state index contributed by atoms with van der Waals surface area (Å²) >= 11 is 0. The molecule has 1 fully saturated rings. The van der Waals surface area contributed by atoms with E-state index in [0.29, 0.717) is 22.5 Å². The van der Waals surface area contributed by atoms with Gasteiger partial charge in [0.25, 0.3) is 0 Å². The molecule has 2 aromatic rings. The lowest BCUT2D eigenvalue weighted by Gasteiger charge is -2.32. The normalized spacial score (nSPS) is 20.3. The Morgan fingerprint density at radius 3 is 2.43 bits per heavy atom. The molecular formula is C24H33N3O3+2. The Morgan fingerprint density at radius 2 is 1.80 bits per heavy atom. The molecule has 6 nitrogen and oxygen atoms in total. The van der Waals surface area contributed by atoms with Gasteiger partial charge < -0.3 is 19.5 Å². The highest BCUT2D eigenvalue weighted by Gasteiger charge is 2.34. The maximum atomic E-state index is 13.1. The van der Waals surface area contributed by atoms with Crippen molar-refractivity contribution >= 4 is 17.8 Å². The molecule has 1 aromatic carbocycles. The molecule has 30 heavy (non-hydrogen) atoms. The van der Waals surface area contributed by atoms with Gasteiger partial charge >= 0.3 is 5.97 Å². The summed E-state index contributed by atoms with van der Waals surface area (Å²) in [5.41, 5.74) is 3.61. The highest BCUT2D eigenvalue weighted by molar-refractivity contribution is 6.03. The van der Waals surface area contributed by atoms with Gasteiger partial charge in [-0.3, -0.25) is 4.79 Å². The van der Waals surface area contributed by atoms with Crippen molar-refractivity contribution in [2.75, 3.05) is 39.8 Å². The van der Waals surface area contributed by atoms with Gasteiger partial charge in [0.15, 0.2) is 6.04 Å². The third-order valence-corrected chi connectivity index (χ3v) is 6.19. The second kappa shape index (κ2) is 9.87. The number of ketones is 1. The first-order valence-electron chi connectivity index (χ1n) is 10.6. The second-order valence-electron chi connectivity index (χ2n) is 8.13. The summed E-state index contributed by atoms with van der Waals surface area (Å²) in [7, 11) is 1.36. The average Bonchev–Trinajstić information content (AvgIpc) is 3.07. The van der Waals surface area contributed by atoms with Crippen LogP contribution in [0.25, 0.3) is 6.08 Å². The average molecular weight is 412 g/mol. The minimum atomic E-state index is -0.402. The number of quaternary nitrogens is 2. The number of hydrogen-bond donors (Lipinski definition) is 3. The number of esters is 1. The zero-order valence-corrected chi connectivity index (χ0v) is 18.4. The monoisotopic (exact) mass is 411 g/mol. The SMILES string of the molecule is COC(=O)c1c(C)[nH]c(C(=O)[C@H](C)[NH+]2CC[NH+](C/C=C/c3ccccc3)CC2)c1C. The molecule has 1 aliphatic rings. The lowest BCUT2D eigenvalue weighted by molar-refractivity contribution is -1.02. The van der Waals surface area contributed by atoms with E-state index in [4.69, 9.17) is 4.74 Å². The number of nitrogens with one attached hydrogen (secondary N) is 3. The van der Waals surface area contributed by atoms with Gasteiger partial charge in [-0.1, -0.05) is 36.4 Å². The van der Waals surface area contributed by atoms with Gasteiger partial charge in [0.1, 0.15) is 26.2 Å². The fourth-order valence-corrected chi connectivity index (χ4v) is 4.29. The van der Waals surface area contributed by atoms with Crippen molar-refractivity contribution in [2.45, 2.75) is 26.8 Å². The Balaban J connectivity index is 1.56. The quantitative estimate of drug-likeness (QED) is 0.459. The Labute approximate surface area is 178 Å². The molecule has 2 heterocycles. The van der Waals surface area contributed by atoms with E-state index < -0.39 is 5.97 Å². The van der Waals surface area contributed by atoms with E-state index in [2.05, 4.69) is 41.4 Å². The lowest BCUT2D eigenvalue weighted by atomic mass is 10.0. The van der Waals surface area contributed by atoms with Crippen LogP contribution in [0.2, 0.25) is 0 Å². The van der Waals surface area contributed by atoms with E-state index in [0.717, 1.165) is 32.7 Å². The smallest absolute Gasteiger partial charge is 0.339 e. The number of aromatic amines is 1. The Morgan fingerprint density at radius 1 is 1.13 bits per heavy atom. The van der Waals surface area contributed by atoms with Gasteiger partial charge in [0.2, 0.25) is 5.78 Å². The lowest BCUT2D eigenvalue weighted by Crippen LogP contribution is -3.29. The number of Topliss-reactive ketones (excluding diaryl/α,β-unsaturated/α-hetero) is 1. The molecule has 1 aromatic heterocycles. The number of hydrogen-bond acceptors (Lipinski definition) is 3. The van der Waals surface area contributed by atoms with E-state index in [1.165, 1.54) is 17.6 Å². The fraction of sp³-hybridized carbons (Fsp3) is 0.417. The van der Waals surface area contributed by atoms with Gasteiger partial charge in [-0.2, -0.15) is 0 Å². The van der Waals surface area contributed by atoms with E-state index in [1.807, 2.05) is 19.9 Å². The molecule has 3 rings (SSSR count). The van der Waals surface area contributed by atoms with Crippen LogP contribution in [-0.2, 0) is 4.74 Å². The molecule has 0 saturated carbocycles. The predicted octanol–water partition coefficient (Wildman–Crippen LogP) is 0.486. The van der Waals surface area contributed by atoms with E-state index in [1.54, 1.807) is 11.8 Å².